The van der Waals surface area contributed by atoms with E-state index in [9.17, 15) is 39.6 Å². The molecule has 5 N–H and O–H groups in total. The van der Waals surface area contributed by atoms with Gasteiger partial charge in [-0.3, -0.25) is 14.7 Å². The largest absolute Gasteiger partial charge is 0.416 e. The maximum Gasteiger partial charge on any atom is 0.416 e. The van der Waals surface area contributed by atoms with Crippen molar-refractivity contribution in [3.05, 3.63) is 126 Å². The number of carbonyl (C=O) groups excluding carboxylic acids is 1. The van der Waals surface area contributed by atoms with Gasteiger partial charge in [0, 0.05) is 13.0 Å². The first-order valence-corrected chi connectivity index (χ1v) is 16.0. The van der Waals surface area contributed by atoms with Crippen molar-refractivity contribution < 1.29 is 54.3 Å². The fourth-order valence-electron chi connectivity index (χ4n) is 4.91. The summed E-state index contributed by atoms with van der Waals surface area (Å²) in [5.74, 6) is -0.125. The van der Waals surface area contributed by atoms with E-state index in [-0.39, 0.29) is 41.1 Å². The van der Waals surface area contributed by atoms with Gasteiger partial charge in [0.1, 0.15) is 0 Å². The van der Waals surface area contributed by atoms with E-state index < -0.39 is 50.8 Å². The number of carbonyl (C=O) groups is 1. The van der Waals surface area contributed by atoms with Crippen LogP contribution in [0.3, 0.4) is 0 Å². The number of halogens is 6. The van der Waals surface area contributed by atoms with E-state index in [2.05, 4.69) is 23.8 Å². The van der Waals surface area contributed by atoms with Crippen molar-refractivity contribution in [3.8, 4) is 0 Å². The van der Waals surface area contributed by atoms with Gasteiger partial charge >= 0.3 is 12.4 Å². The zero-order valence-electron chi connectivity index (χ0n) is 26.7. The minimum absolute atomic E-state index is 0. The molecule has 0 saturated carbocycles. The van der Waals surface area contributed by atoms with Crippen molar-refractivity contribution in [2.45, 2.75) is 61.1 Å². The average Bonchev–Trinajstić information content (AvgIpc) is 3.41. The number of benzene rings is 3. The molecule has 3 aromatic carbocycles. The lowest BCUT2D eigenvalue weighted by molar-refractivity contribution is -0.143. The highest BCUT2D eigenvalue weighted by Crippen LogP contribution is 2.38. The molecule has 0 spiro atoms. The Hall–Kier alpha value is -4.02. The molecule has 1 unspecified atom stereocenters. The highest BCUT2D eigenvalue weighted by Gasteiger charge is 2.40. The van der Waals surface area contributed by atoms with Crippen LogP contribution in [-0.4, -0.2) is 43.0 Å². The molecule has 15 heteroatoms. The molecule has 0 aromatic heterocycles. The van der Waals surface area contributed by atoms with E-state index in [0.29, 0.717) is 30.5 Å². The Morgan fingerprint density at radius 1 is 0.959 bits per heavy atom. The number of aryl methyl sites for hydroxylation is 1. The lowest BCUT2D eigenvalue weighted by Crippen LogP contribution is -2.55. The second kappa shape index (κ2) is 16.1. The van der Waals surface area contributed by atoms with Crippen LogP contribution in [0, 0.1) is 6.92 Å². The second-order valence-electron chi connectivity index (χ2n) is 11.4. The third kappa shape index (κ3) is 11.0. The standard InChI is InChI=1S/C27H28F6N2O2.C7H8O3S.H2O/c1-4-24(12-11-23(36)35-24)16-34-25(5-2,20-9-7-6-8-10-20)17-37-18(3)19-13-21(26(28,29)30)15-22(14-19)27(31,32)33;1-6-2-4-7(5-3-6)11(8,9)10;/h4-10,13-15,18,34H,1-2,11-12,16-17H2,3H3,(H,35,36);2-5H,1H3,(H,8,9,10);1H2/t18-,24?,25-;;/m0../s1. The molecular weight excluding hydrogens is 678 g/mol. The Bertz CT molecular complexity index is 1670. The zero-order chi connectivity index (χ0) is 36.0. The maximum atomic E-state index is 13.3. The Balaban J connectivity index is 0.000000590. The van der Waals surface area contributed by atoms with E-state index in [1.165, 1.54) is 19.1 Å². The molecule has 1 heterocycles. The monoisotopic (exact) mass is 716 g/mol. The summed E-state index contributed by atoms with van der Waals surface area (Å²) in [5, 5.41) is 6.23. The van der Waals surface area contributed by atoms with Gasteiger partial charge in [-0.25, -0.2) is 0 Å². The van der Waals surface area contributed by atoms with Crippen LogP contribution in [0.2, 0.25) is 0 Å². The number of ether oxygens (including phenoxy) is 1. The Morgan fingerprint density at radius 2 is 1.51 bits per heavy atom. The summed E-state index contributed by atoms with van der Waals surface area (Å²) in [4.78, 5) is 11.8. The molecule has 49 heavy (non-hydrogen) atoms. The molecule has 3 atom stereocenters. The normalized spacial score (nSPS) is 18.2. The van der Waals surface area contributed by atoms with E-state index in [1.54, 1.807) is 54.6 Å². The minimum Gasteiger partial charge on any atom is -0.412 e. The van der Waals surface area contributed by atoms with Crippen LogP contribution in [0.25, 0.3) is 0 Å². The summed E-state index contributed by atoms with van der Waals surface area (Å²) in [7, 11) is -4.02. The van der Waals surface area contributed by atoms with Gasteiger partial charge in [-0.05, 0) is 61.7 Å². The van der Waals surface area contributed by atoms with Crippen molar-refractivity contribution in [2.24, 2.45) is 0 Å². The molecular formula is C34H38F6N2O6S. The van der Waals surface area contributed by atoms with Gasteiger partial charge in [-0.1, -0.05) is 60.2 Å². The van der Waals surface area contributed by atoms with Crippen LogP contribution < -0.4 is 10.6 Å². The van der Waals surface area contributed by atoms with Gasteiger partial charge in [0.25, 0.3) is 10.1 Å². The van der Waals surface area contributed by atoms with E-state index in [0.717, 1.165) is 5.56 Å². The van der Waals surface area contributed by atoms with Crippen LogP contribution in [0.5, 0.6) is 0 Å². The third-order valence-electron chi connectivity index (χ3n) is 7.89. The fourth-order valence-corrected chi connectivity index (χ4v) is 5.39. The van der Waals surface area contributed by atoms with Gasteiger partial charge in [0.2, 0.25) is 5.91 Å². The van der Waals surface area contributed by atoms with E-state index in [1.807, 2.05) is 6.92 Å². The van der Waals surface area contributed by atoms with Crippen molar-refractivity contribution in [1.29, 1.82) is 0 Å². The lowest BCUT2D eigenvalue weighted by Gasteiger charge is -2.37. The van der Waals surface area contributed by atoms with Gasteiger partial charge in [0.05, 0.1) is 39.8 Å². The molecule has 3 aromatic rings. The summed E-state index contributed by atoms with van der Waals surface area (Å²) in [6.45, 7) is 11.0. The van der Waals surface area contributed by atoms with E-state index in [4.69, 9.17) is 9.29 Å². The second-order valence-corrected chi connectivity index (χ2v) is 12.8. The number of hydrogen-bond acceptors (Lipinski definition) is 5. The highest BCUT2D eigenvalue weighted by molar-refractivity contribution is 7.85. The fraction of sp³-hybridized carbons (Fsp3) is 0.324. The first-order chi connectivity index (χ1) is 22.2. The van der Waals surface area contributed by atoms with Gasteiger partial charge in [-0.15, -0.1) is 13.2 Å². The van der Waals surface area contributed by atoms with Crippen LogP contribution in [-0.2, 0) is 37.5 Å². The Morgan fingerprint density at radius 3 is 1.94 bits per heavy atom. The Labute approximate surface area is 280 Å². The summed E-state index contributed by atoms with van der Waals surface area (Å²) in [6, 6.07) is 16.3. The molecule has 1 fully saturated rings. The average molecular weight is 717 g/mol. The van der Waals surface area contributed by atoms with Crippen molar-refractivity contribution in [1.82, 2.24) is 10.6 Å². The van der Waals surface area contributed by atoms with Gasteiger partial charge in [-0.2, -0.15) is 34.8 Å². The van der Waals surface area contributed by atoms with Crippen molar-refractivity contribution >= 4 is 16.0 Å². The van der Waals surface area contributed by atoms with Crippen molar-refractivity contribution in [3.63, 3.8) is 0 Å². The predicted octanol–water partition coefficient (Wildman–Crippen LogP) is 6.72. The molecule has 0 aliphatic carbocycles. The Kier molecular flexibility index (Phi) is 13.5. The number of rotatable bonds is 11. The number of amides is 1. The summed E-state index contributed by atoms with van der Waals surface area (Å²) < 4.78 is 115. The molecule has 0 bridgehead atoms. The molecule has 0 radical (unpaired) electrons. The maximum absolute atomic E-state index is 13.3. The summed E-state index contributed by atoms with van der Waals surface area (Å²) >= 11 is 0. The minimum atomic E-state index is -4.96. The lowest BCUT2D eigenvalue weighted by atomic mass is 9.88. The van der Waals surface area contributed by atoms with Gasteiger partial charge in [0.15, 0.2) is 0 Å². The summed E-state index contributed by atoms with van der Waals surface area (Å²) in [5.41, 5.74) is -3.22. The van der Waals surface area contributed by atoms with Crippen LogP contribution in [0.4, 0.5) is 26.3 Å². The third-order valence-corrected chi connectivity index (χ3v) is 8.76. The highest BCUT2D eigenvalue weighted by atomic mass is 32.2. The van der Waals surface area contributed by atoms with Crippen molar-refractivity contribution in [2.75, 3.05) is 13.2 Å². The topological polar surface area (TPSA) is 136 Å². The van der Waals surface area contributed by atoms with Crippen LogP contribution >= 0.6 is 0 Å². The first kappa shape index (κ1) is 41.2. The molecule has 1 aliphatic rings. The first-order valence-electron chi connectivity index (χ1n) is 14.6. The molecule has 1 amide bonds. The molecule has 1 aliphatic heterocycles. The van der Waals surface area contributed by atoms with Gasteiger partial charge < -0.3 is 15.5 Å². The quantitative estimate of drug-likeness (QED) is 0.115. The number of hydrogen-bond donors (Lipinski definition) is 3. The number of alkyl halides is 6. The smallest absolute Gasteiger partial charge is 0.412 e. The SMILES string of the molecule is C=CC1(CN[C@@](C=C)(CO[C@@H](C)c2cc(C(F)(F)F)cc(C(F)(F)F)c2)c2ccccc2)CCC(=O)N1.Cc1ccc(S(=O)(=O)O)cc1.O. The zero-order valence-corrected chi connectivity index (χ0v) is 27.5. The molecule has 8 nitrogen and oxygen atoms in total. The van der Waals surface area contributed by atoms with Crippen LogP contribution in [0.1, 0.15) is 53.7 Å². The predicted molar refractivity (Wildman–Crippen MR) is 172 cm³/mol. The van der Waals surface area contributed by atoms with E-state index >= 15 is 0 Å². The molecule has 1 saturated heterocycles. The number of nitrogens with one attached hydrogen (secondary N) is 2. The molecule has 4 rings (SSSR count). The van der Waals surface area contributed by atoms with Crippen LogP contribution in [0.15, 0.2) is 103 Å². The summed E-state index contributed by atoms with van der Waals surface area (Å²) in [6.07, 6.45) is -7.01. The molecule has 268 valence electrons.